The second-order valence-corrected chi connectivity index (χ2v) is 5.53. The van der Waals surface area contributed by atoms with Crippen LogP contribution in [0.1, 0.15) is 23.5 Å². The summed E-state index contributed by atoms with van der Waals surface area (Å²) in [5.74, 6) is 0. The van der Waals surface area contributed by atoms with Crippen molar-refractivity contribution >= 4 is 11.3 Å². The maximum Gasteiger partial charge on any atom is 0.0591 e. The van der Waals surface area contributed by atoms with E-state index in [1.54, 1.807) is 11.3 Å². The van der Waals surface area contributed by atoms with E-state index >= 15 is 0 Å². The number of thiophene rings is 1. The number of hydrogen-bond acceptors (Lipinski definition) is 4. The predicted molar refractivity (Wildman–Crippen MR) is 76.4 cm³/mol. The Labute approximate surface area is 112 Å². The number of likely N-dealkylation sites (N-methyl/N-ethyl adjacent to an activating group) is 1. The standard InChI is InChI=1S/C14H19N3S/c1-11(15)14(13-7-5-9-18-13)17(2)10-12-6-3-4-8-16-12/h3-9,11,14H,10,15H2,1-2H3. The van der Waals surface area contributed by atoms with Crippen LogP contribution in [0.4, 0.5) is 0 Å². The third-order valence-electron chi connectivity index (χ3n) is 2.95. The van der Waals surface area contributed by atoms with E-state index < -0.39 is 0 Å². The van der Waals surface area contributed by atoms with Gasteiger partial charge in [-0.3, -0.25) is 9.88 Å². The van der Waals surface area contributed by atoms with Gasteiger partial charge in [0.1, 0.15) is 0 Å². The Kier molecular flexibility index (Phi) is 4.47. The molecule has 2 aromatic rings. The minimum atomic E-state index is 0.0948. The molecule has 2 atom stereocenters. The molecule has 0 saturated heterocycles. The van der Waals surface area contributed by atoms with Crippen molar-refractivity contribution in [3.63, 3.8) is 0 Å². The third kappa shape index (κ3) is 3.16. The Morgan fingerprint density at radius 3 is 2.72 bits per heavy atom. The van der Waals surface area contributed by atoms with Crippen molar-refractivity contribution in [1.82, 2.24) is 9.88 Å². The van der Waals surface area contributed by atoms with Crippen LogP contribution in [0.5, 0.6) is 0 Å². The van der Waals surface area contributed by atoms with Gasteiger partial charge < -0.3 is 5.73 Å². The van der Waals surface area contributed by atoms with Crippen molar-refractivity contribution < 1.29 is 0 Å². The predicted octanol–water partition coefficient (Wildman–Crippen LogP) is 2.66. The van der Waals surface area contributed by atoms with Crippen molar-refractivity contribution in [3.8, 4) is 0 Å². The molecule has 0 radical (unpaired) electrons. The maximum absolute atomic E-state index is 6.13. The first-order chi connectivity index (χ1) is 8.68. The molecule has 2 rings (SSSR count). The summed E-state index contributed by atoms with van der Waals surface area (Å²) in [5.41, 5.74) is 7.20. The largest absolute Gasteiger partial charge is 0.326 e. The summed E-state index contributed by atoms with van der Waals surface area (Å²) >= 11 is 1.76. The summed E-state index contributed by atoms with van der Waals surface area (Å²) in [6.45, 7) is 2.87. The van der Waals surface area contributed by atoms with E-state index in [9.17, 15) is 0 Å². The molecule has 2 N–H and O–H groups in total. The van der Waals surface area contributed by atoms with Gasteiger partial charge in [0.05, 0.1) is 11.7 Å². The average molecular weight is 261 g/mol. The molecule has 0 aliphatic rings. The molecule has 96 valence electrons. The van der Waals surface area contributed by atoms with E-state index in [0.29, 0.717) is 0 Å². The molecule has 0 spiro atoms. The molecule has 0 bridgehead atoms. The Bertz CT molecular complexity index is 453. The number of hydrogen-bond donors (Lipinski definition) is 1. The molecule has 0 fully saturated rings. The van der Waals surface area contributed by atoms with Crippen LogP contribution in [-0.4, -0.2) is 23.0 Å². The monoisotopic (exact) mass is 261 g/mol. The smallest absolute Gasteiger partial charge is 0.0591 e. The molecule has 4 heteroatoms. The fraction of sp³-hybridized carbons (Fsp3) is 0.357. The SMILES string of the molecule is CC(N)C(c1cccs1)N(C)Cc1ccccn1. The lowest BCUT2D eigenvalue weighted by atomic mass is 10.1. The fourth-order valence-electron chi connectivity index (χ4n) is 2.18. The third-order valence-corrected chi connectivity index (χ3v) is 3.89. The first-order valence-corrected chi connectivity index (χ1v) is 6.95. The van der Waals surface area contributed by atoms with Crippen molar-refractivity contribution in [2.24, 2.45) is 5.73 Å². The second kappa shape index (κ2) is 6.09. The van der Waals surface area contributed by atoms with Gasteiger partial charge in [0.2, 0.25) is 0 Å². The van der Waals surface area contributed by atoms with Gasteiger partial charge in [0.25, 0.3) is 0 Å². The van der Waals surface area contributed by atoms with Crippen molar-refractivity contribution in [2.45, 2.75) is 25.6 Å². The molecule has 2 heterocycles. The lowest BCUT2D eigenvalue weighted by molar-refractivity contribution is 0.212. The van der Waals surface area contributed by atoms with Gasteiger partial charge in [0, 0.05) is 23.7 Å². The highest BCUT2D eigenvalue weighted by molar-refractivity contribution is 7.10. The van der Waals surface area contributed by atoms with Crippen LogP contribution in [0.2, 0.25) is 0 Å². The van der Waals surface area contributed by atoms with Gasteiger partial charge in [-0.15, -0.1) is 11.3 Å². The first-order valence-electron chi connectivity index (χ1n) is 6.07. The van der Waals surface area contributed by atoms with Gasteiger partial charge in [-0.1, -0.05) is 12.1 Å². The summed E-state index contributed by atoms with van der Waals surface area (Å²) in [6, 6.07) is 10.6. The molecule has 3 nitrogen and oxygen atoms in total. The first kappa shape index (κ1) is 13.2. The Morgan fingerprint density at radius 1 is 1.33 bits per heavy atom. The van der Waals surface area contributed by atoms with Gasteiger partial charge >= 0.3 is 0 Å². The topological polar surface area (TPSA) is 42.1 Å². The van der Waals surface area contributed by atoms with Crippen LogP contribution in [0, 0.1) is 0 Å². The van der Waals surface area contributed by atoms with E-state index in [0.717, 1.165) is 12.2 Å². The normalized spacial score (nSPS) is 14.7. The van der Waals surface area contributed by atoms with Crippen molar-refractivity contribution in [3.05, 3.63) is 52.5 Å². The van der Waals surface area contributed by atoms with E-state index in [2.05, 4.69) is 41.4 Å². The number of aromatic nitrogens is 1. The van der Waals surface area contributed by atoms with E-state index in [-0.39, 0.29) is 12.1 Å². The summed E-state index contributed by atoms with van der Waals surface area (Å²) in [4.78, 5) is 7.93. The molecule has 0 amide bonds. The molecular formula is C14H19N3S. The average Bonchev–Trinajstić information content (AvgIpc) is 2.83. The maximum atomic E-state index is 6.13. The van der Waals surface area contributed by atoms with Gasteiger partial charge in [0.15, 0.2) is 0 Å². The van der Waals surface area contributed by atoms with Crippen LogP contribution in [0.25, 0.3) is 0 Å². The van der Waals surface area contributed by atoms with Gasteiger partial charge in [-0.05, 0) is 37.6 Å². The lowest BCUT2D eigenvalue weighted by Gasteiger charge is -2.30. The highest BCUT2D eigenvalue weighted by atomic mass is 32.1. The van der Waals surface area contributed by atoms with Crippen LogP contribution < -0.4 is 5.73 Å². The minimum Gasteiger partial charge on any atom is -0.326 e. The molecular weight excluding hydrogens is 242 g/mol. The molecule has 2 aromatic heterocycles. The number of nitrogens with two attached hydrogens (primary N) is 1. The minimum absolute atomic E-state index is 0.0948. The van der Waals surface area contributed by atoms with E-state index in [1.165, 1.54) is 4.88 Å². The van der Waals surface area contributed by atoms with Gasteiger partial charge in [-0.2, -0.15) is 0 Å². The quantitative estimate of drug-likeness (QED) is 0.899. The fourth-order valence-corrected chi connectivity index (χ4v) is 3.19. The van der Waals surface area contributed by atoms with Crippen molar-refractivity contribution in [2.75, 3.05) is 7.05 Å². The van der Waals surface area contributed by atoms with Crippen LogP contribution >= 0.6 is 11.3 Å². The zero-order chi connectivity index (χ0) is 13.0. The zero-order valence-electron chi connectivity index (χ0n) is 10.8. The Hall–Kier alpha value is -1.23. The summed E-state index contributed by atoms with van der Waals surface area (Å²) < 4.78 is 0. The Balaban J connectivity index is 2.12. The van der Waals surface area contributed by atoms with Crippen LogP contribution in [0.3, 0.4) is 0 Å². The number of rotatable bonds is 5. The van der Waals surface area contributed by atoms with Crippen molar-refractivity contribution in [1.29, 1.82) is 0 Å². The molecule has 2 unspecified atom stereocenters. The van der Waals surface area contributed by atoms with Crippen LogP contribution in [-0.2, 0) is 6.54 Å². The molecule has 0 aliphatic heterocycles. The molecule has 0 aliphatic carbocycles. The highest BCUT2D eigenvalue weighted by Gasteiger charge is 2.22. The molecule has 0 saturated carbocycles. The number of pyridine rings is 1. The number of nitrogens with zero attached hydrogens (tertiary/aromatic N) is 2. The zero-order valence-corrected chi connectivity index (χ0v) is 11.6. The highest BCUT2D eigenvalue weighted by Crippen LogP contribution is 2.27. The lowest BCUT2D eigenvalue weighted by Crippen LogP contribution is -2.36. The summed E-state index contributed by atoms with van der Waals surface area (Å²) in [7, 11) is 2.10. The molecule has 0 aromatic carbocycles. The molecule has 18 heavy (non-hydrogen) atoms. The van der Waals surface area contributed by atoms with Crippen LogP contribution in [0.15, 0.2) is 41.9 Å². The van der Waals surface area contributed by atoms with Gasteiger partial charge in [-0.25, -0.2) is 0 Å². The second-order valence-electron chi connectivity index (χ2n) is 4.56. The summed E-state index contributed by atoms with van der Waals surface area (Å²) in [5, 5.41) is 2.10. The van der Waals surface area contributed by atoms with E-state index in [1.807, 2.05) is 24.4 Å². The van der Waals surface area contributed by atoms with E-state index in [4.69, 9.17) is 5.73 Å². The Morgan fingerprint density at radius 2 is 2.17 bits per heavy atom. The summed E-state index contributed by atoms with van der Waals surface area (Å²) in [6.07, 6.45) is 1.83.